The first-order valence-corrected chi connectivity index (χ1v) is 17.0. The van der Waals surface area contributed by atoms with Crippen LogP contribution in [0.2, 0.25) is 10.0 Å². The van der Waals surface area contributed by atoms with Gasteiger partial charge in [0.2, 0.25) is 11.8 Å². The number of hydrogen-bond acceptors (Lipinski definition) is 4. The van der Waals surface area contributed by atoms with Gasteiger partial charge in [0.1, 0.15) is 12.6 Å². The summed E-state index contributed by atoms with van der Waals surface area (Å²) >= 11 is 16.4. The van der Waals surface area contributed by atoms with E-state index in [2.05, 4.69) is 21.2 Å². The molecule has 3 aromatic rings. The van der Waals surface area contributed by atoms with E-state index in [1.54, 1.807) is 60.7 Å². The monoisotopic (exact) mass is 693 g/mol. The molecule has 0 radical (unpaired) electrons. The molecule has 0 unspecified atom stereocenters. The molecule has 0 saturated heterocycles. The van der Waals surface area contributed by atoms with E-state index in [1.807, 2.05) is 6.92 Å². The smallest absolute Gasteiger partial charge is 0.264 e. The molecule has 224 valence electrons. The van der Waals surface area contributed by atoms with Crippen LogP contribution in [-0.2, 0) is 26.2 Å². The predicted molar refractivity (Wildman–Crippen MR) is 171 cm³/mol. The van der Waals surface area contributed by atoms with Gasteiger partial charge in [0, 0.05) is 32.7 Å². The molecule has 1 aliphatic rings. The van der Waals surface area contributed by atoms with Gasteiger partial charge in [0.05, 0.1) is 10.6 Å². The van der Waals surface area contributed by atoms with E-state index < -0.39 is 28.5 Å². The van der Waals surface area contributed by atoms with Gasteiger partial charge >= 0.3 is 0 Å². The Labute approximate surface area is 266 Å². The third kappa shape index (κ3) is 7.86. The van der Waals surface area contributed by atoms with Crippen molar-refractivity contribution in [3.05, 3.63) is 92.9 Å². The lowest BCUT2D eigenvalue weighted by Crippen LogP contribution is -2.54. The first kappa shape index (κ1) is 32.3. The maximum absolute atomic E-state index is 14.2. The Morgan fingerprint density at radius 3 is 2.14 bits per heavy atom. The summed E-state index contributed by atoms with van der Waals surface area (Å²) in [5.74, 6) is -0.832. The minimum absolute atomic E-state index is 0.0406. The highest BCUT2D eigenvalue weighted by Crippen LogP contribution is 2.29. The van der Waals surface area contributed by atoms with Crippen molar-refractivity contribution in [3.63, 3.8) is 0 Å². The fourth-order valence-electron chi connectivity index (χ4n) is 5.17. The minimum Gasteiger partial charge on any atom is -0.352 e. The van der Waals surface area contributed by atoms with Crippen LogP contribution < -0.4 is 9.62 Å². The van der Waals surface area contributed by atoms with Gasteiger partial charge in [-0.15, -0.1) is 0 Å². The van der Waals surface area contributed by atoms with Crippen molar-refractivity contribution < 1.29 is 18.0 Å². The fourth-order valence-corrected chi connectivity index (χ4v) is 7.39. The average molecular weight is 696 g/mol. The highest BCUT2D eigenvalue weighted by Gasteiger charge is 2.35. The van der Waals surface area contributed by atoms with Gasteiger partial charge in [-0.05, 0) is 67.8 Å². The zero-order valence-corrected chi connectivity index (χ0v) is 27.2. The quantitative estimate of drug-likeness (QED) is 0.230. The van der Waals surface area contributed by atoms with Crippen LogP contribution >= 0.6 is 39.1 Å². The number of benzene rings is 3. The zero-order chi connectivity index (χ0) is 30.3. The molecule has 42 heavy (non-hydrogen) atoms. The van der Waals surface area contributed by atoms with Crippen LogP contribution in [0.4, 0.5) is 5.69 Å². The molecule has 0 spiro atoms. The number of halogens is 3. The number of hydrogen-bond donors (Lipinski definition) is 1. The molecule has 1 atom stereocenters. The van der Waals surface area contributed by atoms with Crippen LogP contribution in [0.15, 0.2) is 82.2 Å². The van der Waals surface area contributed by atoms with Gasteiger partial charge in [-0.1, -0.05) is 89.6 Å². The summed E-state index contributed by atoms with van der Waals surface area (Å²) in [7, 11) is -4.14. The summed E-state index contributed by atoms with van der Waals surface area (Å²) in [4.78, 5) is 29.3. The summed E-state index contributed by atoms with van der Waals surface area (Å²) < 4.78 is 29.6. The Balaban J connectivity index is 1.72. The standard InChI is InChI=1S/C31H34BrCl2N3O4S/c1-2-29(31(39)35-23-10-5-3-6-11-23)36(20-26-27(33)14-9-15-28(26)34)30(38)21-37(24-18-16-22(32)17-19-24)42(40,41)25-12-7-4-8-13-25/h4,7-9,12-19,23,29H,2-3,5-6,10-11,20-21H2,1H3,(H,35,39)/t29-/m0/s1. The second-order valence-corrected chi connectivity index (χ2v) is 13.9. The maximum atomic E-state index is 14.2. The minimum atomic E-state index is -4.14. The van der Waals surface area contributed by atoms with Crippen molar-refractivity contribution in [2.45, 2.75) is 69.0 Å². The highest BCUT2D eigenvalue weighted by molar-refractivity contribution is 9.10. The number of nitrogens with one attached hydrogen (secondary N) is 1. The number of sulfonamides is 1. The predicted octanol–water partition coefficient (Wildman–Crippen LogP) is 7.21. The molecule has 1 saturated carbocycles. The van der Waals surface area contributed by atoms with Crippen molar-refractivity contribution in [2.75, 3.05) is 10.8 Å². The van der Waals surface area contributed by atoms with Gasteiger partial charge < -0.3 is 10.2 Å². The summed E-state index contributed by atoms with van der Waals surface area (Å²) in [6.07, 6.45) is 5.31. The van der Waals surface area contributed by atoms with Crippen molar-refractivity contribution in [2.24, 2.45) is 0 Å². The fraction of sp³-hybridized carbons (Fsp3) is 0.355. The lowest BCUT2D eigenvalue weighted by molar-refractivity contribution is -0.140. The van der Waals surface area contributed by atoms with Crippen LogP contribution in [0.1, 0.15) is 51.0 Å². The molecule has 1 aliphatic carbocycles. The van der Waals surface area contributed by atoms with Crippen molar-refractivity contribution in [1.82, 2.24) is 10.2 Å². The van der Waals surface area contributed by atoms with E-state index >= 15 is 0 Å². The maximum Gasteiger partial charge on any atom is 0.264 e. The second kappa shape index (κ2) is 14.7. The van der Waals surface area contributed by atoms with Crippen LogP contribution in [0, 0.1) is 0 Å². The van der Waals surface area contributed by atoms with Gasteiger partial charge in [0.15, 0.2) is 0 Å². The van der Waals surface area contributed by atoms with E-state index in [0.717, 1.165) is 40.9 Å². The normalized spacial score (nSPS) is 14.7. The molecule has 1 N–H and O–H groups in total. The van der Waals surface area contributed by atoms with Crippen molar-refractivity contribution >= 4 is 66.7 Å². The molecule has 0 bridgehead atoms. The van der Waals surface area contributed by atoms with Gasteiger partial charge in [-0.25, -0.2) is 8.42 Å². The summed E-state index contributed by atoms with van der Waals surface area (Å²) in [5, 5.41) is 3.83. The number of rotatable bonds is 11. The third-order valence-electron chi connectivity index (χ3n) is 7.45. The van der Waals surface area contributed by atoms with Gasteiger partial charge in [-0.2, -0.15) is 0 Å². The Kier molecular flexibility index (Phi) is 11.3. The number of amides is 2. The summed E-state index contributed by atoms with van der Waals surface area (Å²) in [6.45, 7) is 1.23. The largest absolute Gasteiger partial charge is 0.352 e. The molecular weight excluding hydrogens is 661 g/mol. The highest BCUT2D eigenvalue weighted by atomic mass is 79.9. The Hall–Kier alpha value is -2.59. The van der Waals surface area contributed by atoms with Gasteiger partial charge in [-0.3, -0.25) is 13.9 Å². The molecule has 2 amide bonds. The number of carbonyl (C=O) groups excluding carboxylic acids is 2. The number of anilines is 1. The Morgan fingerprint density at radius 1 is 0.929 bits per heavy atom. The van der Waals surface area contributed by atoms with Crippen LogP contribution in [0.25, 0.3) is 0 Å². The first-order chi connectivity index (χ1) is 20.1. The average Bonchev–Trinajstić information content (AvgIpc) is 2.98. The van der Waals surface area contributed by atoms with Crippen LogP contribution in [0.3, 0.4) is 0 Å². The lowest BCUT2D eigenvalue weighted by Gasteiger charge is -2.34. The molecule has 0 aliphatic heterocycles. The van der Waals surface area contributed by atoms with E-state index in [-0.39, 0.29) is 23.4 Å². The van der Waals surface area contributed by atoms with E-state index in [1.165, 1.54) is 17.0 Å². The summed E-state index contributed by atoms with van der Waals surface area (Å²) in [6, 6.07) is 18.8. The van der Waals surface area contributed by atoms with E-state index in [4.69, 9.17) is 23.2 Å². The topological polar surface area (TPSA) is 86.8 Å². The molecule has 7 nitrogen and oxygen atoms in total. The Morgan fingerprint density at radius 2 is 1.55 bits per heavy atom. The second-order valence-electron chi connectivity index (χ2n) is 10.3. The van der Waals surface area contributed by atoms with Crippen LogP contribution in [0.5, 0.6) is 0 Å². The Bertz CT molecular complexity index is 1460. The van der Waals surface area contributed by atoms with E-state index in [0.29, 0.717) is 27.7 Å². The van der Waals surface area contributed by atoms with Crippen molar-refractivity contribution in [1.29, 1.82) is 0 Å². The zero-order valence-electron chi connectivity index (χ0n) is 23.3. The molecular formula is C31H34BrCl2N3O4S. The number of carbonyl (C=O) groups is 2. The SMILES string of the molecule is CC[C@@H](C(=O)NC1CCCCC1)N(Cc1c(Cl)cccc1Cl)C(=O)CN(c1ccc(Br)cc1)S(=O)(=O)c1ccccc1. The van der Waals surface area contributed by atoms with E-state index in [9.17, 15) is 18.0 Å². The third-order valence-corrected chi connectivity index (χ3v) is 10.5. The number of nitrogens with zero attached hydrogens (tertiary/aromatic N) is 2. The molecule has 11 heteroatoms. The molecule has 0 aromatic heterocycles. The summed E-state index contributed by atoms with van der Waals surface area (Å²) in [5.41, 5.74) is 0.796. The molecule has 4 rings (SSSR count). The van der Waals surface area contributed by atoms with Crippen molar-refractivity contribution in [3.8, 4) is 0 Å². The lowest BCUT2D eigenvalue weighted by atomic mass is 9.95. The van der Waals surface area contributed by atoms with Crippen LogP contribution in [-0.4, -0.2) is 43.8 Å². The van der Waals surface area contributed by atoms with Gasteiger partial charge in [0.25, 0.3) is 10.0 Å². The first-order valence-electron chi connectivity index (χ1n) is 14.0. The molecule has 0 heterocycles. The molecule has 3 aromatic carbocycles. The molecule has 1 fully saturated rings.